The van der Waals surface area contributed by atoms with Gasteiger partial charge in [-0.2, -0.15) is 0 Å². The van der Waals surface area contributed by atoms with E-state index in [4.69, 9.17) is 0 Å². The van der Waals surface area contributed by atoms with Crippen LogP contribution in [-0.2, 0) is 19.9 Å². The number of nitrogens with one attached hydrogen (secondary N) is 1. The molecule has 0 bridgehead atoms. The van der Waals surface area contributed by atoms with Gasteiger partial charge in [0.2, 0.25) is 10.0 Å². The minimum Gasteiger partial charge on any atom is -0.273 e. The van der Waals surface area contributed by atoms with Crippen molar-refractivity contribution in [1.82, 2.24) is 9.62 Å². The second kappa shape index (κ2) is 7.65. The molecule has 0 aromatic heterocycles. The van der Waals surface area contributed by atoms with E-state index in [-0.39, 0.29) is 21.6 Å². The van der Waals surface area contributed by atoms with Gasteiger partial charge in [-0.05, 0) is 36.8 Å². The number of hydrogen-bond donors (Lipinski definition) is 1. The molecule has 1 aliphatic rings. The average Bonchev–Trinajstić information content (AvgIpc) is 2.90. The van der Waals surface area contributed by atoms with Crippen LogP contribution >= 0.6 is 0 Å². The van der Waals surface area contributed by atoms with Gasteiger partial charge in [0.25, 0.3) is 17.7 Å². The highest BCUT2D eigenvalue weighted by atomic mass is 32.2. The molecule has 0 spiro atoms. The number of nitrogens with zero attached hydrogens (tertiary/aromatic N) is 1. The van der Waals surface area contributed by atoms with Crippen molar-refractivity contribution < 1.29 is 31.2 Å². The molecule has 1 aliphatic heterocycles. The van der Waals surface area contributed by atoms with Crippen molar-refractivity contribution in [1.29, 1.82) is 0 Å². The maximum absolute atomic E-state index is 12.4. The monoisotopic (exact) mass is 450 g/mol. The van der Waals surface area contributed by atoms with Crippen LogP contribution < -0.4 is 4.72 Å². The quantitative estimate of drug-likeness (QED) is 0.642. The predicted octanol–water partition coefficient (Wildman–Crippen LogP) is 0.754. The molecule has 2 aromatic carbocycles. The minimum absolute atomic E-state index is 0.109. The van der Waals surface area contributed by atoms with E-state index >= 15 is 0 Å². The predicted molar refractivity (Wildman–Crippen MR) is 107 cm³/mol. The van der Waals surface area contributed by atoms with E-state index in [1.165, 1.54) is 31.2 Å². The Balaban J connectivity index is 1.73. The molecule has 0 saturated carbocycles. The molecule has 1 N–H and O–H groups in total. The van der Waals surface area contributed by atoms with E-state index in [2.05, 4.69) is 0 Å². The van der Waals surface area contributed by atoms with E-state index in [0.29, 0.717) is 5.56 Å². The number of rotatable bonds is 6. The molecule has 0 saturated heterocycles. The van der Waals surface area contributed by atoms with Crippen molar-refractivity contribution in [3.05, 3.63) is 64.7 Å². The van der Waals surface area contributed by atoms with Crippen molar-refractivity contribution in [2.75, 3.05) is 18.6 Å². The summed E-state index contributed by atoms with van der Waals surface area (Å²) in [5.41, 5.74) is 0.659. The van der Waals surface area contributed by atoms with Gasteiger partial charge < -0.3 is 0 Å². The smallest absolute Gasteiger partial charge is 0.265 e. The Kier molecular flexibility index (Phi) is 5.52. The summed E-state index contributed by atoms with van der Waals surface area (Å²) in [5.74, 6) is -2.89. The highest BCUT2D eigenvalue weighted by Gasteiger charge is 2.35. The Labute approximate surface area is 173 Å². The fourth-order valence-corrected chi connectivity index (χ4v) is 4.54. The van der Waals surface area contributed by atoms with E-state index < -0.39 is 49.9 Å². The number of sulfone groups is 1. The lowest BCUT2D eigenvalue weighted by molar-refractivity contribution is 0.0664. The van der Waals surface area contributed by atoms with E-state index in [1.807, 2.05) is 4.72 Å². The summed E-state index contributed by atoms with van der Waals surface area (Å²) < 4.78 is 49.9. The first-order valence-electron chi connectivity index (χ1n) is 8.71. The van der Waals surface area contributed by atoms with Crippen molar-refractivity contribution in [3.8, 4) is 0 Å². The highest BCUT2D eigenvalue weighted by molar-refractivity contribution is 7.90. The number of amides is 3. The van der Waals surface area contributed by atoms with Crippen LogP contribution in [0.2, 0.25) is 0 Å². The molecule has 0 unspecified atom stereocenters. The number of aryl methyl sites for hydroxylation is 1. The molecule has 30 heavy (non-hydrogen) atoms. The van der Waals surface area contributed by atoms with Gasteiger partial charge in [0.05, 0.1) is 21.8 Å². The minimum atomic E-state index is -4.21. The Morgan fingerprint density at radius 3 is 2.07 bits per heavy atom. The first-order valence-corrected chi connectivity index (χ1v) is 12.3. The van der Waals surface area contributed by atoms with Gasteiger partial charge in [0.1, 0.15) is 0 Å². The molecule has 158 valence electrons. The van der Waals surface area contributed by atoms with Crippen LogP contribution in [0.3, 0.4) is 0 Å². The molecule has 2 aromatic rings. The van der Waals surface area contributed by atoms with Gasteiger partial charge >= 0.3 is 0 Å². The topological polar surface area (TPSA) is 135 Å². The Bertz CT molecular complexity index is 1250. The molecule has 0 atom stereocenters. The summed E-state index contributed by atoms with van der Waals surface area (Å²) in [5, 5.41) is 0. The van der Waals surface area contributed by atoms with Crippen LogP contribution in [0.15, 0.2) is 47.4 Å². The number of hydrogen-bond acceptors (Lipinski definition) is 7. The Morgan fingerprint density at radius 1 is 0.967 bits per heavy atom. The molecular weight excluding hydrogens is 432 g/mol. The van der Waals surface area contributed by atoms with E-state index in [1.54, 1.807) is 12.1 Å². The summed E-state index contributed by atoms with van der Waals surface area (Å²) >= 11 is 0. The zero-order valence-electron chi connectivity index (χ0n) is 16.1. The van der Waals surface area contributed by atoms with Crippen LogP contribution in [0.4, 0.5) is 0 Å². The summed E-state index contributed by atoms with van der Waals surface area (Å²) in [6.45, 7) is 1.10. The molecule has 0 radical (unpaired) electrons. The van der Waals surface area contributed by atoms with Gasteiger partial charge in [-0.15, -0.1) is 0 Å². The molecule has 9 nitrogen and oxygen atoms in total. The van der Waals surface area contributed by atoms with Crippen LogP contribution in [0, 0.1) is 6.92 Å². The Hall–Kier alpha value is -3.05. The number of fused-ring (bicyclic) bond motifs is 1. The molecule has 0 aliphatic carbocycles. The lowest BCUT2D eigenvalue weighted by Crippen LogP contribution is -2.39. The third-order valence-corrected chi connectivity index (χ3v) is 6.92. The van der Waals surface area contributed by atoms with Crippen LogP contribution in [0.5, 0.6) is 0 Å². The first-order chi connectivity index (χ1) is 13.9. The maximum Gasteiger partial charge on any atom is 0.265 e. The number of sulfonamides is 1. The zero-order chi connectivity index (χ0) is 22.3. The molecular formula is C19H18N2O7S2. The van der Waals surface area contributed by atoms with Crippen molar-refractivity contribution in [3.63, 3.8) is 0 Å². The molecule has 3 amide bonds. The number of carbonyl (C=O) groups is 3. The number of carbonyl (C=O) groups excluding carboxylic acids is 3. The molecule has 11 heteroatoms. The maximum atomic E-state index is 12.4. The zero-order valence-corrected chi connectivity index (χ0v) is 17.7. The standard InChI is InChI=1S/C19H18N2O7S2/c1-12-7-8-13(29(2,25)26)11-16(12)17(22)20-30(27,28)10-9-21-18(23)14-5-3-4-6-15(14)19(21)24/h3-8,11H,9-10H2,1-2H3,(H,20,22). The second-order valence-electron chi connectivity index (χ2n) is 6.81. The summed E-state index contributed by atoms with van der Waals surface area (Å²) in [7, 11) is -7.80. The van der Waals surface area contributed by atoms with Crippen LogP contribution in [0.1, 0.15) is 36.6 Å². The lowest BCUT2D eigenvalue weighted by atomic mass is 10.1. The van der Waals surface area contributed by atoms with Gasteiger partial charge in [0, 0.05) is 18.4 Å². The molecule has 1 heterocycles. The SMILES string of the molecule is Cc1ccc(S(C)(=O)=O)cc1C(=O)NS(=O)(=O)CCN1C(=O)c2ccccc2C1=O. The summed E-state index contributed by atoms with van der Waals surface area (Å²) in [6, 6.07) is 9.95. The third kappa shape index (κ3) is 4.26. The lowest BCUT2D eigenvalue weighted by Gasteiger charge is -2.14. The Morgan fingerprint density at radius 2 is 1.53 bits per heavy atom. The van der Waals surface area contributed by atoms with Gasteiger partial charge in [-0.3, -0.25) is 19.3 Å². The summed E-state index contributed by atoms with van der Waals surface area (Å²) in [4.78, 5) is 37.7. The van der Waals surface area contributed by atoms with Crippen molar-refractivity contribution in [2.45, 2.75) is 11.8 Å². The number of benzene rings is 2. The van der Waals surface area contributed by atoms with E-state index in [0.717, 1.165) is 17.2 Å². The van der Waals surface area contributed by atoms with E-state index in [9.17, 15) is 31.2 Å². The van der Waals surface area contributed by atoms with Crippen molar-refractivity contribution in [2.24, 2.45) is 0 Å². The van der Waals surface area contributed by atoms with Gasteiger partial charge in [-0.25, -0.2) is 21.6 Å². The number of imide groups is 1. The first kappa shape index (κ1) is 21.7. The van der Waals surface area contributed by atoms with Gasteiger partial charge in [-0.1, -0.05) is 18.2 Å². The van der Waals surface area contributed by atoms with Crippen LogP contribution in [-0.4, -0.2) is 58.0 Å². The summed E-state index contributed by atoms with van der Waals surface area (Å²) in [6.07, 6.45) is 0.970. The fourth-order valence-electron chi connectivity index (χ4n) is 2.98. The largest absolute Gasteiger partial charge is 0.273 e. The third-order valence-electron chi connectivity index (χ3n) is 4.59. The van der Waals surface area contributed by atoms with Crippen LogP contribution in [0.25, 0.3) is 0 Å². The van der Waals surface area contributed by atoms with Gasteiger partial charge in [0.15, 0.2) is 9.84 Å². The highest BCUT2D eigenvalue weighted by Crippen LogP contribution is 2.22. The second-order valence-corrected chi connectivity index (χ2v) is 10.7. The molecule has 3 rings (SSSR count). The fraction of sp³-hybridized carbons (Fsp3) is 0.211. The average molecular weight is 450 g/mol. The van der Waals surface area contributed by atoms with Crippen molar-refractivity contribution >= 4 is 37.6 Å². The molecule has 0 fully saturated rings. The normalized spacial score (nSPS) is 14.0.